The number of carboxylic acid groups (broad SMARTS) is 1. The van der Waals surface area contributed by atoms with Gasteiger partial charge in [-0.25, -0.2) is 13.2 Å². The lowest BCUT2D eigenvalue weighted by atomic mass is 10.4. The molecule has 0 radical (unpaired) electrons. The van der Waals surface area contributed by atoms with Gasteiger partial charge in [0.2, 0.25) is 0 Å². The molecule has 0 fully saturated rings. The van der Waals surface area contributed by atoms with Crippen LogP contribution in [0.2, 0.25) is 0 Å². The number of carboxylic acids is 1. The van der Waals surface area contributed by atoms with E-state index in [1.54, 1.807) is 0 Å². The van der Waals surface area contributed by atoms with Crippen LogP contribution in [-0.2, 0) is 14.6 Å². The predicted molar refractivity (Wildman–Crippen MR) is 54.0 cm³/mol. The summed E-state index contributed by atoms with van der Waals surface area (Å²) in [6, 6.07) is 0. The maximum atomic E-state index is 10.7. The fraction of sp³-hybridized carbons (Fsp3) is 0.625. The average Bonchev–Trinajstić information content (AvgIpc) is 2.00. The van der Waals surface area contributed by atoms with Gasteiger partial charge in [0, 0.05) is 18.9 Å². The number of nitrogens with one attached hydrogen (secondary N) is 1. The van der Waals surface area contributed by atoms with Gasteiger partial charge in [-0.05, 0) is 13.0 Å². The van der Waals surface area contributed by atoms with Crippen LogP contribution in [0.1, 0.15) is 6.42 Å². The van der Waals surface area contributed by atoms with Gasteiger partial charge >= 0.3 is 5.97 Å². The van der Waals surface area contributed by atoms with E-state index in [2.05, 4.69) is 5.32 Å². The topological polar surface area (TPSA) is 83.5 Å². The van der Waals surface area contributed by atoms with Crippen molar-refractivity contribution in [3.63, 3.8) is 0 Å². The zero-order chi connectivity index (χ0) is 11.0. The van der Waals surface area contributed by atoms with Gasteiger partial charge in [0.15, 0.2) is 0 Å². The molecule has 5 nitrogen and oxygen atoms in total. The Morgan fingerprint density at radius 1 is 1.50 bits per heavy atom. The van der Waals surface area contributed by atoms with Crippen LogP contribution in [0.5, 0.6) is 0 Å². The molecule has 0 saturated carbocycles. The van der Waals surface area contributed by atoms with Crippen molar-refractivity contribution in [3.8, 4) is 0 Å². The molecule has 0 unspecified atom stereocenters. The zero-order valence-corrected chi connectivity index (χ0v) is 8.88. The highest BCUT2D eigenvalue weighted by atomic mass is 32.2. The van der Waals surface area contributed by atoms with Crippen molar-refractivity contribution in [1.29, 1.82) is 0 Å². The highest BCUT2D eigenvalue weighted by Gasteiger charge is 1.99. The Morgan fingerprint density at radius 2 is 2.14 bits per heavy atom. The number of hydrogen-bond acceptors (Lipinski definition) is 4. The minimum Gasteiger partial charge on any atom is -0.478 e. The maximum absolute atomic E-state index is 10.7. The summed E-state index contributed by atoms with van der Waals surface area (Å²) in [6.45, 7) is 1.01. The van der Waals surface area contributed by atoms with Crippen LogP contribution >= 0.6 is 0 Å². The molecule has 0 aliphatic carbocycles. The summed E-state index contributed by atoms with van der Waals surface area (Å²) >= 11 is 0. The summed E-state index contributed by atoms with van der Waals surface area (Å²) < 4.78 is 21.4. The Hall–Kier alpha value is -0.880. The third-order valence-electron chi connectivity index (χ3n) is 1.39. The molecule has 0 aliphatic rings. The molecule has 2 N–H and O–H groups in total. The molecule has 0 atom stereocenters. The van der Waals surface area contributed by atoms with E-state index >= 15 is 0 Å². The molecule has 0 aromatic carbocycles. The van der Waals surface area contributed by atoms with E-state index in [4.69, 9.17) is 5.11 Å². The van der Waals surface area contributed by atoms with Gasteiger partial charge in [-0.3, -0.25) is 0 Å². The molecule has 0 rings (SSSR count). The summed E-state index contributed by atoms with van der Waals surface area (Å²) in [6.07, 6.45) is 4.25. The maximum Gasteiger partial charge on any atom is 0.328 e. The molecule has 0 aliphatic heterocycles. The molecule has 0 heterocycles. The first kappa shape index (κ1) is 13.1. The normalized spacial score (nSPS) is 12.1. The van der Waals surface area contributed by atoms with E-state index in [-0.39, 0.29) is 5.75 Å². The first-order chi connectivity index (χ1) is 6.42. The van der Waals surface area contributed by atoms with Crippen molar-refractivity contribution in [1.82, 2.24) is 5.32 Å². The standard InChI is InChI=1S/C8H15NO4S/c1-14(12,13)7-3-6-9-5-2-4-8(10)11/h2,4,9H,3,5-7H2,1H3,(H,10,11)/b4-2+. The van der Waals surface area contributed by atoms with Gasteiger partial charge in [0.25, 0.3) is 0 Å². The number of sulfone groups is 1. The smallest absolute Gasteiger partial charge is 0.328 e. The van der Waals surface area contributed by atoms with Crippen LogP contribution in [0.25, 0.3) is 0 Å². The predicted octanol–water partition coefficient (Wildman–Crippen LogP) is -0.348. The quantitative estimate of drug-likeness (QED) is 0.453. The molecule has 82 valence electrons. The Labute approximate surface area is 83.7 Å². The lowest BCUT2D eigenvalue weighted by Crippen LogP contribution is -2.18. The fourth-order valence-electron chi connectivity index (χ4n) is 0.804. The molecule has 0 aromatic rings. The zero-order valence-electron chi connectivity index (χ0n) is 8.06. The number of hydrogen-bond donors (Lipinski definition) is 2. The number of carbonyl (C=O) groups is 1. The molecular weight excluding hydrogens is 206 g/mol. The van der Waals surface area contributed by atoms with Crippen LogP contribution in [0.4, 0.5) is 0 Å². The van der Waals surface area contributed by atoms with Crippen molar-refractivity contribution in [3.05, 3.63) is 12.2 Å². The molecule has 6 heteroatoms. The molecule has 0 aromatic heterocycles. The molecule has 0 saturated heterocycles. The Balaban J connectivity index is 3.35. The van der Waals surface area contributed by atoms with Crippen LogP contribution in [-0.4, -0.2) is 44.6 Å². The lowest BCUT2D eigenvalue weighted by Gasteiger charge is -1.99. The first-order valence-electron chi connectivity index (χ1n) is 4.20. The lowest BCUT2D eigenvalue weighted by molar-refractivity contribution is -0.131. The second-order valence-electron chi connectivity index (χ2n) is 2.93. The van der Waals surface area contributed by atoms with E-state index in [9.17, 15) is 13.2 Å². The Bertz CT molecular complexity index is 294. The Morgan fingerprint density at radius 3 is 2.64 bits per heavy atom. The van der Waals surface area contributed by atoms with Crippen LogP contribution in [0, 0.1) is 0 Å². The van der Waals surface area contributed by atoms with Crippen molar-refractivity contribution in [2.24, 2.45) is 0 Å². The molecule has 0 amide bonds. The van der Waals surface area contributed by atoms with E-state index in [1.807, 2.05) is 0 Å². The van der Waals surface area contributed by atoms with Gasteiger partial charge in [0.05, 0.1) is 5.75 Å². The summed E-state index contributed by atoms with van der Waals surface area (Å²) in [7, 11) is -2.88. The molecule has 0 bridgehead atoms. The summed E-state index contributed by atoms with van der Waals surface area (Å²) in [5.74, 6) is -0.828. The monoisotopic (exact) mass is 221 g/mol. The van der Waals surface area contributed by atoms with Crippen molar-refractivity contribution in [2.75, 3.05) is 25.1 Å². The molecular formula is C8H15NO4S. The third-order valence-corrected chi connectivity index (χ3v) is 2.42. The van der Waals surface area contributed by atoms with Gasteiger partial charge in [-0.15, -0.1) is 0 Å². The molecule has 14 heavy (non-hydrogen) atoms. The van der Waals surface area contributed by atoms with Crippen LogP contribution in [0.3, 0.4) is 0 Å². The minimum absolute atomic E-state index is 0.155. The first-order valence-corrected chi connectivity index (χ1v) is 6.26. The van der Waals surface area contributed by atoms with Crippen LogP contribution < -0.4 is 5.32 Å². The highest BCUT2D eigenvalue weighted by Crippen LogP contribution is 1.86. The van der Waals surface area contributed by atoms with Crippen molar-refractivity contribution >= 4 is 15.8 Å². The number of rotatable bonds is 7. The van der Waals surface area contributed by atoms with E-state index < -0.39 is 15.8 Å². The van der Waals surface area contributed by atoms with Crippen molar-refractivity contribution in [2.45, 2.75) is 6.42 Å². The largest absolute Gasteiger partial charge is 0.478 e. The van der Waals surface area contributed by atoms with Crippen LogP contribution in [0.15, 0.2) is 12.2 Å². The van der Waals surface area contributed by atoms with E-state index in [0.29, 0.717) is 19.5 Å². The Kier molecular flexibility index (Phi) is 6.14. The highest BCUT2D eigenvalue weighted by molar-refractivity contribution is 7.90. The SMILES string of the molecule is CS(=O)(=O)CCCNC/C=C/C(=O)O. The summed E-state index contributed by atoms with van der Waals surface area (Å²) in [4.78, 5) is 10.0. The summed E-state index contributed by atoms with van der Waals surface area (Å²) in [5, 5.41) is 11.1. The van der Waals surface area contributed by atoms with Gasteiger partial charge in [0.1, 0.15) is 9.84 Å². The average molecular weight is 221 g/mol. The fourth-order valence-corrected chi connectivity index (χ4v) is 1.47. The van der Waals surface area contributed by atoms with Gasteiger partial charge < -0.3 is 10.4 Å². The minimum atomic E-state index is -2.88. The molecule has 0 spiro atoms. The van der Waals surface area contributed by atoms with Gasteiger partial charge in [-0.1, -0.05) is 6.08 Å². The second kappa shape index (κ2) is 6.56. The second-order valence-corrected chi connectivity index (χ2v) is 5.19. The van der Waals surface area contributed by atoms with Crippen molar-refractivity contribution < 1.29 is 18.3 Å². The third kappa shape index (κ3) is 11.1. The van der Waals surface area contributed by atoms with Gasteiger partial charge in [-0.2, -0.15) is 0 Å². The van der Waals surface area contributed by atoms with E-state index in [0.717, 1.165) is 6.08 Å². The van der Waals surface area contributed by atoms with E-state index in [1.165, 1.54) is 12.3 Å². The number of aliphatic carboxylic acids is 1. The summed E-state index contributed by atoms with van der Waals surface area (Å²) in [5.41, 5.74) is 0.